The summed E-state index contributed by atoms with van der Waals surface area (Å²) in [5.74, 6) is -0.159. The number of carbonyl (C=O) groups excluding carboxylic acids is 2. The van der Waals surface area contributed by atoms with Crippen molar-refractivity contribution in [2.75, 3.05) is 18.0 Å². The maximum Gasteiger partial charge on any atom is 0.259 e. The van der Waals surface area contributed by atoms with Crippen molar-refractivity contribution in [3.8, 4) is 0 Å². The fourth-order valence-electron chi connectivity index (χ4n) is 3.93. The normalized spacial score (nSPS) is 16.7. The van der Waals surface area contributed by atoms with E-state index >= 15 is 0 Å². The summed E-state index contributed by atoms with van der Waals surface area (Å²) >= 11 is 0. The molecule has 2 aromatic rings. The summed E-state index contributed by atoms with van der Waals surface area (Å²) in [6.07, 6.45) is 7.32. The van der Waals surface area contributed by atoms with E-state index in [4.69, 9.17) is 0 Å². The first-order valence-corrected chi connectivity index (χ1v) is 10.2. The molecule has 1 unspecified atom stereocenters. The van der Waals surface area contributed by atoms with Crippen LogP contribution in [-0.2, 0) is 0 Å². The molecule has 0 N–H and O–H groups in total. The quantitative estimate of drug-likeness (QED) is 0.771. The molecule has 5 heteroatoms. The Morgan fingerprint density at radius 1 is 1.14 bits per heavy atom. The monoisotopic (exact) mass is 379 g/mol. The van der Waals surface area contributed by atoms with Crippen LogP contribution in [0.5, 0.6) is 0 Å². The van der Waals surface area contributed by atoms with Crippen LogP contribution < -0.4 is 4.90 Å². The molecule has 2 heterocycles. The Bertz CT molecular complexity index is 849. The second kappa shape index (κ2) is 9.00. The lowest BCUT2D eigenvalue weighted by Crippen LogP contribution is -2.43. The molecule has 0 saturated carbocycles. The van der Waals surface area contributed by atoms with Gasteiger partial charge in [0.2, 0.25) is 0 Å². The van der Waals surface area contributed by atoms with E-state index in [1.54, 1.807) is 23.4 Å². The highest BCUT2D eigenvalue weighted by molar-refractivity contribution is 6.07. The highest BCUT2D eigenvalue weighted by Gasteiger charge is 2.27. The van der Waals surface area contributed by atoms with Gasteiger partial charge in [-0.2, -0.15) is 0 Å². The molecule has 0 spiro atoms. The van der Waals surface area contributed by atoms with Crippen molar-refractivity contribution in [1.29, 1.82) is 0 Å². The van der Waals surface area contributed by atoms with Crippen molar-refractivity contribution < 1.29 is 9.59 Å². The van der Waals surface area contributed by atoms with Gasteiger partial charge in [-0.1, -0.05) is 19.1 Å². The number of hydrogen-bond donors (Lipinski definition) is 0. The number of nitrogens with zero attached hydrogens (tertiary/aromatic N) is 3. The molecule has 0 bridgehead atoms. The van der Waals surface area contributed by atoms with E-state index < -0.39 is 0 Å². The Kier molecular flexibility index (Phi) is 6.45. The maximum absolute atomic E-state index is 13.1. The third-order valence-corrected chi connectivity index (χ3v) is 5.47. The van der Waals surface area contributed by atoms with E-state index in [9.17, 15) is 9.59 Å². The molecular formula is C23H29N3O2. The third-order valence-electron chi connectivity index (χ3n) is 5.47. The van der Waals surface area contributed by atoms with Gasteiger partial charge in [-0.25, -0.2) is 0 Å². The number of piperidine rings is 1. The number of anilines is 1. The van der Waals surface area contributed by atoms with E-state index in [1.165, 1.54) is 6.42 Å². The van der Waals surface area contributed by atoms with E-state index in [1.807, 2.05) is 43.0 Å². The summed E-state index contributed by atoms with van der Waals surface area (Å²) < 4.78 is 0. The zero-order valence-electron chi connectivity index (χ0n) is 17.0. The lowest BCUT2D eigenvalue weighted by molar-refractivity contribution is 0.0607. The minimum absolute atomic E-state index is 0.0210. The third kappa shape index (κ3) is 4.24. The van der Waals surface area contributed by atoms with Crippen molar-refractivity contribution in [3.05, 3.63) is 59.4 Å². The molecule has 2 amide bonds. The Hall–Kier alpha value is -2.69. The zero-order chi connectivity index (χ0) is 20.1. The molecule has 1 aliphatic heterocycles. The second-order valence-corrected chi connectivity index (χ2v) is 7.41. The van der Waals surface area contributed by atoms with Gasteiger partial charge in [-0.3, -0.25) is 14.6 Å². The Labute approximate surface area is 167 Å². The van der Waals surface area contributed by atoms with Crippen LogP contribution in [0.3, 0.4) is 0 Å². The summed E-state index contributed by atoms with van der Waals surface area (Å²) in [6, 6.07) is 9.84. The molecule has 1 atom stereocenters. The highest BCUT2D eigenvalue weighted by atomic mass is 16.2. The Morgan fingerprint density at radius 2 is 1.93 bits per heavy atom. The molecule has 1 fully saturated rings. The fourth-order valence-corrected chi connectivity index (χ4v) is 3.93. The standard InChI is InChI=1S/C23H29N3O2/c1-4-20-10-6-7-12-26(20)23(28)19-14-18(15-24-16-19)22(27)25(5-2)21-11-8-9-17(3)13-21/h8-9,11,13-16,20H,4-7,10,12H2,1-3H3. The smallest absolute Gasteiger partial charge is 0.259 e. The minimum Gasteiger partial charge on any atom is -0.336 e. The number of benzene rings is 1. The van der Waals surface area contributed by atoms with Crippen LogP contribution in [0.2, 0.25) is 0 Å². The first-order valence-electron chi connectivity index (χ1n) is 10.2. The predicted molar refractivity (Wildman–Crippen MR) is 112 cm³/mol. The van der Waals surface area contributed by atoms with Crippen LogP contribution in [0.25, 0.3) is 0 Å². The van der Waals surface area contributed by atoms with Crippen molar-refractivity contribution in [2.24, 2.45) is 0 Å². The minimum atomic E-state index is -0.138. The number of hydrogen-bond acceptors (Lipinski definition) is 3. The largest absolute Gasteiger partial charge is 0.336 e. The van der Waals surface area contributed by atoms with Crippen LogP contribution in [0, 0.1) is 6.92 Å². The topological polar surface area (TPSA) is 53.5 Å². The number of aromatic nitrogens is 1. The molecule has 1 aliphatic rings. The number of likely N-dealkylation sites (tertiary alicyclic amines) is 1. The lowest BCUT2D eigenvalue weighted by atomic mass is 9.99. The van der Waals surface area contributed by atoms with Crippen molar-refractivity contribution >= 4 is 17.5 Å². The number of rotatable bonds is 5. The van der Waals surface area contributed by atoms with Crippen LogP contribution in [-0.4, -0.2) is 40.8 Å². The number of aryl methyl sites for hydroxylation is 1. The van der Waals surface area contributed by atoms with Gasteiger partial charge in [-0.05, 0) is 63.3 Å². The first kappa shape index (κ1) is 20.1. The lowest BCUT2D eigenvalue weighted by Gasteiger charge is -2.35. The molecule has 5 nitrogen and oxygen atoms in total. The highest BCUT2D eigenvalue weighted by Crippen LogP contribution is 2.23. The maximum atomic E-state index is 13.1. The van der Waals surface area contributed by atoms with E-state index in [0.29, 0.717) is 17.7 Å². The molecular weight excluding hydrogens is 350 g/mol. The molecule has 0 aliphatic carbocycles. The Balaban J connectivity index is 1.85. The van der Waals surface area contributed by atoms with Crippen molar-refractivity contribution in [1.82, 2.24) is 9.88 Å². The van der Waals surface area contributed by atoms with Gasteiger partial charge in [0.25, 0.3) is 11.8 Å². The summed E-state index contributed by atoms with van der Waals surface area (Å²) in [7, 11) is 0. The molecule has 28 heavy (non-hydrogen) atoms. The number of pyridine rings is 1. The van der Waals surface area contributed by atoms with Gasteiger partial charge in [0.1, 0.15) is 0 Å². The van der Waals surface area contributed by atoms with Crippen LogP contribution >= 0.6 is 0 Å². The Morgan fingerprint density at radius 3 is 2.64 bits per heavy atom. The van der Waals surface area contributed by atoms with E-state index in [0.717, 1.165) is 37.1 Å². The molecule has 148 valence electrons. The average Bonchev–Trinajstić information content (AvgIpc) is 2.73. The van der Waals surface area contributed by atoms with Gasteiger partial charge in [-0.15, -0.1) is 0 Å². The van der Waals surface area contributed by atoms with E-state index in [-0.39, 0.29) is 17.9 Å². The number of carbonyl (C=O) groups is 2. The molecule has 0 radical (unpaired) electrons. The van der Waals surface area contributed by atoms with Crippen molar-refractivity contribution in [3.63, 3.8) is 0 Å². The fraction of sp³-hybridized carbons (Fsp3) is 0.435. The summed E-state index contributed by atoms with van der Waals surface area (Å²) in [5, 5.41) is 0. The molecule has 3 rings (SSSR count). The van der Waals surface area contributed by atoms with Crippen LogP contribution in [0.15, 0.2) is 42.7 Å². The van der Waals surface area contributed by atoms with Gasteiger partial charge in [0.15, 0.2) is 0 Å². The van der Waals surface area contributed by atoms with Crippen LogP contribution in [0.4, 0.5) is 5.69 Å². The first-order chi connectivity index (χ1) is 13.5. The SMILES string of the molecule is CCC1CCCCN1C(=O)c1cncc(C(=O)N(CC)c2cccc(C)c2)c1. The average molecular weight is 380 g/mol. The summed E-state index contributed by atoms with van der Waals surface area (Å²) in [5.41, 5.74) is 2.89. The zero-order valence-corrected chi connectivity index (χ0v) is 17.0. The van der Waals surface area contributed by atoms with Gasteiger partial charge in [0, 0.05) is 37.2 Å². The van der Waals surface area contributed by atoms with Gasteiger partial charge >= 0.3 is 0 Å². The predicted octanol–water partition coefficient (Wildman–Crippen LogP) is 4.46. The van der Waals surface area contributed by atoms with Crippen LogP contribution in [0.1, 0.15) is 65.8 Å². The molecule has 1 aromatic carbocycles. The summed E-state index contributed by atoms with van der Waals surface area (Å²) in [4.78, 5) is 34.1. The van der Waals surface area contributed by atoms with Gasteiger partial charge in [0.05, 0.1) is 11.1 Å². The van der Waals surface area contributed by atoms with Gasteiger partial charge < -0.3 is 9.80 Å². The second-order valence-electron chi connectivity index (χ2n) is 7.41. The summed E-state index contributed by atoms with van der Waals surface area (Å²) in [6.45, 7) is 7.40. The molecule has 1 saturated heterocycles. The van der Waals surface area contributed by atoms with Crippen molar-refractivity contribution in [2.45, 2.75) is 52.5 Å². The number of amides is 2. The van der Waals surface area contributed by atoms with E-state index in [2.05, 4.69) is 11.9 Å². The molecule has 1 aromatic heterocycles.